The minimum absolute atomic E-state index is 0.394. The van der Waals surface area contributed by atoms with Crippen LogP contribution >= 0.6 is 0 Å². The predicted molar refractivity (Wildman–Crippen MR) is 243 cm³/mol. The molecular formula is C57H35N. The average molecular weight is 734 g/mol. The zero-order valence-electron chi connectivity index (χ0n) is 31.7. The van der Waals surface area contributed by atoms with Gasteiger partial charge < -0.3 is 4.57 Å². The summed E-state index contributed by atoms with van der Waals surface area (Å²) in [5.41, 5.74) is 19.0. The number of hydrogen-bond donors (Lipinski definition) is 0. The van der Waals surface area contributed by atoms with Gasteiger partial charge in [0, 0.05) is 16.5 Å². The molecule has 10 aromatic carbocycles. The number of hydrogen-bond acceptors (Lipinski definition) is 0. The molecule has 1 spiro atoms. The molecule has 1 heteroatoms. The van der Waals surface area contributed by atoms with Crippen LogP contribution in [0.4, 0.5) is 0 Å². The molecular weight excluding hydrogens is 699 g/mol. The maximum atomic E-state index is 2.53. The van der Waals surface area contributed by atoms with Crippen LogP contribution in [0.15, 0.2) is 212 Å². The summed E-state index contributed by atoms with van der Waals surface area (Å²) in [4.78, 5) is 0. The molecule has 13 rings (SSSR count). The molecule has 0 bridgehead atoms. The standard InChI is InChI=1S/C57H35N/c1-2-16-38(17-3-1)58-53-29-15-11-21-43(53)48-34-36(31-33-54(48)58)55-44-22-4-6-24-46(44)56(47-25-7-5-23-45(47)55)37-30-32-42-41-20-10-14-28-51(41)57(52(42)35-37)49-26-12-8-18-39(49)40-19-9-13-27-50(40)57/h1-35H. The smallest absolute Gasteiger partial charge is 0.0725 e. The van der Waals surface area contributed by atoms with Crippen molar-refractivity contribution in [2.24, 2.45) is 0 Å². The highest BCUT2D eigenvalue weighted by molar-refractivity contribution is 6.22. The topological polar surface area (TPSA) is 4.93 Å². The van der Waals surface area contributed by atoms with Crippen LogP contribution in [0.2, 0.25) is 0 Å². The summed E-state index contributed by atoms with van der Waals surface area (Å²) < 4.78 is 2.40. The Morgan fingerprint density at radius 1 is 0.276 bits per heavy atom. The Labute approximate surface area is 336 Å². The summed E-state index contributed by atoms with van der Waals surface area (Å²) in [5, 5.41) is 7.57. The molecule has 0 unspecified atom stereocenters. The van der Waals surface area contributed by atoms with Crippen molar-refractivity contribution in [3.63, 3.8) is 0 Å². The van der Waals surface area contributed by atoms with E-state index in [0.29, 0.717) is 0 Å². The second-order valence-corrected chi connectivity index (χ2v) is 15.9. The largest absolute Gasteiger partial charge is 0.309 e. The van der Waals surface area contributed by atoms with Crippen LogP contribution in [-0.4, -0.2) is 4.57 Å². The van der Waals surface area contributed by atoms with Gasteiger partial charge in [-0.25, -0.2) is 0 Å². The number of para-hydroxylation sites is 2. The van der Waals surface area contributed by atoms with E-state index in [0.717, 1.165) is 0 Å². The molecule has 0 fully saturated rings. The third-order valence-electron chi connectivity index (χ3n) is 13.2. The normalized spacial score (nSPS) is 13.3. The van der Waals surface area contributed by atoms with Crippen molar-refractivity contribution in [3.8, 4) is 50.2 Å². The van der Waals surface area contributed by atoms with E-state index >= 15 is 0 Å². The van der Waals surface area contributed by atoms with Crippen LogP contribution in [0.1, 0.15) is 22.3 Å². The number of rotatable bonds is 3. The summed E-state index contributed by atoms with van der Waals surface area (Å²) >= 11 is 0. The van der Waals surface area contributed by atoms with Gasteiger partial charge >= 0.3 is 0 Å². The Morgan fingerprint density at radius 3 is 1.26 bits per heavy atom. The van der Waals surface area contributed by atoms with Crippen molar-refractivity contribution in [2.45, 2.75) is 5.41 Å². The van der Waals surface area contributed by atoms with Gasteiger partial charge in [0.25, 0.3) is 0 Å². The summed E-state index contributed by atoms with van der Waals surface area (Å²) in [7, 11) is 0. The minimum atomic E-state index is -0.394. The Balaban J connectivity index is 1.08. The van der Waals surface area contributed by atoms with Gasteiger partial charge in [0.15, 0.2) is 0 Å². The molecule has 1 nitrogen and oxygen atoms in total. The van der Waals surface area contributed by atoms with Gasteiger partial charge in [-0.2, -0.15) is 0 Å². The lowest BCUT2D eigenvalue weighted by Crippen LogP contribution is -2.25. The summed E-state index contributed by atoms with van der Waals surface area (Å²) in [6.45, 7) is 0. The molecule has 1 heterocycles. The van der Waals surface area contributed by atoms with Crippen molar-refractivity contribution in [1.82, 2.24) is 4.57 Å². The lowest BCUT2D eigenvalue weighted by Gasteiger charge is -2.30. The summed E-state index contributed by atoms with van der Waals surface area (Å²) in [6, 6.07) is 79.3. The highest BCUT2D eigenvalue weighted by Crippen LogP contribution is 2.63. The quantitative estimate of drug-likeness (QED) is 0.159. The maximum Gasteiger partial charge on any atom is 0.0725 e. The molecule has 0 saturated carbocycles. The highest BCUT2D eigenvalue weighted by Gasteiger charge is 2.51. The first-order chi connectivity index (χ1) is 28.8. The highest BCUT2D eigenvalue weighted by atomic mass is 15.0. The van der Waals surface area contributed by atoms with E-state index in [2.05, 4.69) is 217 Å². The number of benzene rings is 10. The van der Waals surface area contributed by atoms with Gasteiger partial charge in [-0.3, -0.25) is 0 Å². The van der Waals surface area contributed by atoms with E-state index < -0.39 is 5.41 Å². The second-order valence-electron chi connectivity index (χ2n) is 15.9. The van der Waals surface area contributed by atoms with Crippen molar-refractivity contribution in [1.29, 1.82) is 0 Å². The van der Waals surface area contributed by atoms with Crippen LogP contribution in [0.5, 0.6) is 0 Å². The van der Waals surface area contributed by atoms with Crippen LogP contribution in [0.3, 0.4) is 0 Å². The molecule has 2 aliphatic rings. The number of fused-ring (bicyclic) bond motifs is 15. The number of aromatic nitrogens is 1. The van der Waals surface area contributed by atoms with E-state index in [1.165, 1.54) is 116 Å². The molecule has 0 aliphatic heterocycles. The van der Waals surface area contributed by atoms with Crippen LogP contribution in [-0.2, 0) is 5.41 Å². The lowest BCUT2D eigenvalue weighted by molar-refractivity contribution is 0.794. The predicted octanol–water partition coefficient (Wildman–Crippen LogP) is 14.8. The van der Waals surface area contributed by atoms with Crippen molar-refractivity contribution in [2.75, 3.05) is 0 Å². The fourth-order valence-electron chi connectivity index (χ4n) is 11.0. The van der Waals surface area contributed by atoms with Gasteiger partial charge in [0.1, 0.15) is 0 Å². The molecule has 1 aromatic heterocycles. The molecule has 268 valence electrons. The number of nitrogens with zero attached hydrogens (tertiary/aromatic N) is 1. The van der Waals surface area contributed by atoms with Crippen LogP contribution in [0.25, 0.3) is 93.5 Å². The monoisotopic (exact) mass is 733 g/mol. The zero-order valence-corrected chi connectivity index (χ0v) is 31.7. The third-order valence-corrected chi connectivity index (χ3v) is 13.2. The van der Waals surface area contributed by atoms with E-state index in [4.69, 9.17) is 0 Å². The van der Waals surface area contributed by atoms with Gasteiger partial charge in [-0.15, -0.1) is 0 Å². The van der Waals surface area contributed by atoms with E-state index in [-0.39, 0.29) is 0 Å². The van der Waals surface area contributed by atoms with E-state index in [1.807, 2.05) is 0 Å². The zero-order chi connectivity index (χ0) is 38.0. The molecule has 0 atom stereocenters. The Hall–Kier alpha value is -7.48. The molecule has 0 N–H and O–H groups in total. The molecule has 2 aliphatic carbocycles. The van der Waals surface area contributed by atoms with Gasteiger partial charge in [0.2, 0.25) is 0 Å². The van der Waals surface area contributed by atoms with Crippen molar-refractivity contribution >= 4 is 43.4 Å². The fraction of sp³-hybridized carbons (Fsp3) is 0.0175. The van der Waals surface area contributed by atoms with Gasteiger partial charge in [-0.1, -0.05) is 176 Å². The molecule has 0 saturated heterocycles. The molecule has 58 heavy (non-hydrogen) atoms. The van der Waals surface area contributed by atoms with Crippen LogP contribution in [0, 0.1) is 0 Å². The van der Waals surface area contributed by atoms with E-state index in [9.17, 15) is 0 Å². The Morgan fingerprint density at radius 2 is 0.690 bits per heavy atom. The SMILES string of the molecule is c1ccc(-n2c3ccccc3c3cc(-c4c5ccccc5c(-c5ccc6c(c5)C5(c7ccccc7-c7ccccc75)c5ccccc5-6)c5ccccc45)ccc32)cc1. The van der Waals surface area contributed by atoms with Crippen molar-refractivity contribution in [3.05, 3.63) is 235 Å². The third kappa shape index (κ3) is 4.05. The first kappa shape index (κ1) is 31.7. The van der Waals surface area contributed by atoms with Gasteiger partial charge in [0.05, 0.1) is 16.4 Å². The second kappa shape index (κ2) is 11.8. The average Bonchev–Trinajstić information content (AvgIpc) is 3.90. The first-order valence-corrected chi connectivity index (χ1v) is 20.3. The molecule has 0 amide bonds. The summed E-state index contributed by atoms with van der Waals surface area (Å²) in [5.74, 6) is 0. The van der Waals surface area contributed by atoms with Gasteiger partial charge in [-0.05, 0) is 125 Å². The lowest BCUT2D eigenvalue weighted by atomic mass is 9.70. The maximum absolute atomic E-state index is 2.53. The fourth-order valence-corrected chi connectivity index (χ4v) is 11.0. The Bertz CT molecular complexity index is 3390. The minimum Gasteiger partial charge on any atom is -0.309 e. The van der Waals surface area contributed by atoms with Crippen LogP contribution < -0.4 is 0 Å². The van der Waals surface area contributed by atoms with E-state index in [1.54, 1.807) is 0 Å². The Kier molecular flexibility index (Phi) is 6.43. The molecule has 11 aromatic rings. The molecule has 0 radical (unpaired) electrons. The summed E-state index contributed by atoms with van der Waals surface area (Å²) in [6.07, 6.45) is 0. The first-order valence-electron chi connectivity index (χ1n) is 20.3. The van der Waals surface area contributed by atoms with Crippen molar-refractivity contribution < 1.29 is 0 Å².